The average molecular weight is 187 g/mol. The molecule has 13 heavy (non-hydrogen) atoms. The maximum atomic E-state index is 12.7. The normalized spacial score (nSPS) is 26.2. The molecule has 4 heteroatoms. The molecule has 0 amide bonds. The summed E-state index contributed by atoms with van der Waals surface area (Å²) in [7, 11) is 0. The fourth-order valence-electron chi connectivity index (χ4n) is 1.39. The van der Waals surface area contributed by atoms with Gasteiger partial charge in [-0.2, -0.15) is 0 Å². The first kappa shape index (κ1) is 8.56. The van der Waals surface area contributed by atoms with Gasteiger partial charge in [0.1, 0.15) is 0 Å². The van der Waals surface area contributed by atoms with Crippen molar-refractivity contribution in [2.75, 3.05) is 0 Å². The van der Waals surface area contributed by atoms with E-state index in [-0.39, 0.29) is 12.0 Å². The van der Waals surface area contributed by atoms with Crippen molar-refractivity contribution in [3.05, 3.63) is 35.1 Å². The zero-order chi connectivity index (χ0) is 9.59. The molecule has 0 aliphatic heterocycles. The Hall–Kier alpha value is -1.03. The SMILES string of the molecule is N[C@@H]1C[C@@H]1c1cc(F)c(F)c(F)c1. The molecular formula is C9H8F3N. The minimum absolute atomic E-state index is 0.00963. The first-order chi connectivity index (χ1) is 6.09. The maximum Gasteiger partial charge on any atom is 0.194 e. The van der Waals surface area contributed by atoms with Crippen LogP contribution >= 0.6 is 0 Å². The van der Waals surface area contributed by atoms with Gasteiger partial charge in [0.05, 0.1) is 0 Å². The van der Waals surface area contributed by atoms with E-state index in [1.807, 2.05) is 0 Å². The highest BCUT2D eigenvalue weighted by molar-refractivity contribution is 5.29. The number of halogens is 3. The lowest BCUT2D eigenvalue weighted by Crippen LogP contribution is -2.02. The van der Waals surface area contributed by atoms with Crippen LogP contribution in [0.15, 0.2) is 12.1 Å². The lowest BCUT2D eigenvalue weighted by atomic mass is 10.1. The lowest BCUT2D eigenvalue weighted by Gasteiger charge is -2.00. The van der Waals surface area contributed by atoms with Gasteiger partial charge in [-0.05, 0) is 24.1 Å². The van der Waals surface area contributed by atoms with Gasteiger partial charge in [-0.1, -0.05) is 0 Å². The van der Waals surface area contributed by atoms with Crippen molar-refractivity contribution in [3.63, 3.8) is 0 Å². The van der Waals surface area contributed by atoms with Crippen LogP contribution in [-0.4, -0.2) is 6.04 Å². The van der Waals surface area contributed by atoms with Gasteiger partial charge in [-0.25, -0.2) is 13.2 Å². The highest BCUT2D eigenvalue weighted by Gasteiger charge is 2.35. The summed E-state index contributed by atoms with van der Waals surface area (Å²) in [6, 6.07) is 1.98. The van der Waals surface area contributed by atoms with Crippen LogP contribution in [-0.2, 0) is 0 Å². The molecule has 2 atom stereocenters. The highest BCUT2D eigenvalue weighted by atomic mass is 19.2. The third-order valence-corrected chi connectivity index (χ3v) is 2.27. The number of hydrogen-bond acceptors (Lipinski definition) is 1. The van der Waals surface area contributed by atoms with Gasteiger partial charge in [0, 0.05) is 12.0 Å². The van der Waals surface area contributed by atoms with Crippen molar-refractivity contribution >= 4 is 0 Å². The Labute approximate surface area is 73.4 Å². The number of benzene rings is 1. The minimum Gasteiger partial charge on any atom is -0.327 e. The Kier molecular flexibility index (Phi) is 1.80. The van der Waals surface area contributed by atoms with E-state index in [4.69, 9.17) is 5.73 Å². The second-order valence-electron chi connectivity index (χ2n) is 3.30. The third kappa shape index (κ3) is 1.42. The van der Waals surface area contributed by atoms with Gasteiger partial charge < -0.3 is 5.73 Å². The molecule has 1 nitrogen and oxygen atoms in total. The van der Waals surface area contributed by atoms with Gasteiger partial charge in [-0.3, -0.25) is 0 Å². The predicted molar refractivity (Wildman–Crippen MR) is 41.6 cm³/mol. The molecule has 1 fully saturated rings. The van der Waals surface area contributed by atoms with Crippen LogP contribution in [0, 0.1) is 17.5 Å². The summed E-state index contributed by atoms with van der Waals surface area (Å²) in [5.74, 6) is -3.72. The van der Waals surface area contributed by atoms with Crippen molar-refractivity contribution in [3.8, 4) is 0 Å². The monoisotopic (exact) mass is 187 g/mol. The number of hydrogen-bond donors (Lipinski definition) is 1. The molecule has 0 bridgehead atoms. The van der Waals surface area contributed by atoms with Crippen LogP contribution in [0.1, 0.15) is 17.9 Å². The van der Waals surface area contributed by atoms with Gasteiger partial charge in [0.15, 0.2) is 17.5 Å². The molecule has 1 saturated carbocycles. The van der Waals surface area contributed by atoms with Crippen molar-refractivity contribution in [2.45, 2.75) is 18.4 Å². The van der Waals surface area contributed by atoms with Crippen LogP contribution in [0.2, 0.25) is 0 Å². The zero-order valence-corrected chi connectivity index (χ0v) is 6.73. The zero-order valence-electron chi connectivity index (χ0n) is 6.73. The topological polar surface area (TPSA) is 26.0 Å². The molecule has 0 saturated heterocycles. The van der Waals surface area contributed by atoms with Crippen LogP contribution in [0.3, 0.4) is 0 Å². The maximum absolute atomic E-state index is 12.7. The largest absolute Gasteiger partial charge is 0.327 e. The van der Waals surface area contributed by atoms with E-state index in [1.54, 1.807) is 0 Å². The van der Waals surface area contributed by atoms with Gasteiger partial charge in [-0.15, -0.1) is 0 Å². The summed E-state index contributed by atoms with van der Waals surface area (Å²) >= 11 is 0. The first-order valence-corrected chi connectivity index (χ1v) is 3.99. The highest BCUT2D eigenvalue weighted by Crippen LogP contribution is 2.39. The molecule has 0 spiro atoms. The Bertz CT molecular complexity index is 328. The molecule has 1 aromatic rings. The smallest absolute Gasteiger partial charge is 0.194 e. The summed E-state index contributed by atoms with van der Waals surface area (Å²) in [5, 5.41) is 0. The van der Waals surface area contributed by atoms with Crippen molar-refractivity contribution < 1.29 is 13.2 Å². The summed E-state index contributed by atoms with van der Waals surface area (Å²) in [5.41, 5.74) is 5.95. The van der Waals surface area contributed by atoms with Crippen molar-refractivity contribution in [2.24, 2.45) is 5.73 Å². The summed E-state index contributed by atoms with van der Waals surface area (Å²) in [6.45, 7) is 0. The fraction of sp³-hybridized carbons (Fsp3) is 0.333. The Morgan fingerprint density at radius 3 is 2.00 bits per heavy atom. The van der Waals surface area contributed by atoms with Crippen molar-refractivity contribution in [1.82, 2.24) is 0 Å². The van der Waals surface area contributed by atoms with Crippen LogP contribution < -0.4 is 5.73 Å². The van der Waals surface area contributed by atoms with E-state index >= 15 is 0 Å². The molecule has 1 aliphatic carbocycles. The fourth-order valence-corrected chi connectivity index (χ4v) is 1.39. The summed E-state index contributed by atoms with van der Waals surface area (Å²) in [6.07, 6.45) is 0.713. The molecule has 70 valence electrons. The van der Waals surface area contributed by atoms with E-state index in [0.717, 1.165) is 12.1 Å². The second kappa shape index (κ2) is 2.73. The molecule has 2 N–H and O–H groups in total. The molecule has 2 rings (SSSR count). The van der Waals surface area contributed by atoms with Crippen LogP contribution in [0.25, 0.3) is 0 Å². The predicted octanol–water partition coefficient (Wildman–Crippen LogP) is 1.92. The van der Waals surface area contributed by atoms with Crippen LogP contribution in [0.5, 0.6) is 0 Å². The first-order valence-electron chi connectivity index (χ1n) is 3.99. The number of rotatable bonds is 1. The summed E-state index contributed by atoms with van der Waals surface area (Å²) in [4.78, 5) is 0. The summed E-state index contributed by atoms with van der Waals surface area (Å²) < 4.78 is 37.9. The molecule has 0 radical (unpaired) electrons. The molecule has 0 aromatic heterocycles. The van der Waals surface area contributed by atoms with Gasteiger partial charge in [0.2, 0.25) is 0 Å². The van der Waals surface area contributed by atoms with Crippen molar-refractivity contribution in [1.29, 1.82) is 0 Å². The van der Waals surface area contributed by atoms with E-state index in [1.165, 1.54) is 0 Å². The minimum atomic E-state index is -1.42. The van der Waals surface area contributed by atoms with E-state index in [0.29, 0.717) is 12.0 Å². The molecule has 0 heterocycles. The Morgan fingerprint density at radius 2 is 1.62 bits per heavy atom. The van der Waals surface area contributed by atoms with Gasteiger partial charge in [0.25, 0.3) is 0 Å². The molecular weight excluding hydrogens is 179 g/mol. The molecule has 0 unspecified atom stereocenters. The van der Waals surface area contributed by atoms with Gasteiger partial charge >= 0.3 is 0 Å². The van der Waals surface area contributed by atoms with E-state index in [2.05, 4.69) is 0 Å². The van der Waals surface area contributed by atoms with E-state index < -0.39 is 17.5 Å². The average Bonchev–Trinajstić information content (AvgIpc) is 2.77. The molecule has 1 aromatic carbocycles. The van der Waals surface area contributed by atoms with Crippen LogP contribution in [0.4, 0.5) is 13.2 Å². The third-order valence-electron chi connectivity index (χ3n) is 2.27. The second-order valence-corrected chi connectivity index (χ2v) is 3.30. The Balaban J connectivity index is 2.39. The number of nitrogens with two attached hydrogens (primary N) is 1. The lowest BCUT2D eigenvalue weighted by molar-refractivity contribution is 0.445. The Morgan fingerprint density at radius 1 is 1.15 bits per heavy atom. The van der Waals surface area contributed by atoms with E-state index in [9.17, 15) is 13.2 Å². The molecule has 1 aliphatic rings. The quantitative estimate of drug-likeness (QED) is 0.668. The standard InChI is InChI=1S/C9H8F3N/c10-6-1-4(5-3-8(5)13)2-7(11)9(6)12/h1-2,5,8H,3,13H2/t5-,8-/m1/s1.